The summed E-state index contributed by atoms with van der Waals surface area (Å²) in [6, 6.07) is 16.4. The fraction of sp³-hybridized carbons (Fsp3) is 0.111. The molecule has 0 aliphatic heterocycles. The first-order valence-corrected chi connectivity index (χ1v) is 8.10. The maximum absolute atomic E-state index is 11.6. The predicted molar refractivity (Wildman–Crippen MR) is 93.3 cm³/mol. The second-order valence-corrected chi connectivity index (χ2v) is 6.03. The molecule has 0 aliphatic carbocycles. The Bertz CT molecular complexity index is 851. The third-order valence-corrected chi connectivity index (χ3v) is 4.70. The van der Waals surface area contributed by atoms with Crippen molar-refractivity contribution < 1.29 is 0 Å². The summed E-state index contributed by atoms with van der Waals surface area (Å²) in [4.78, 5) is 18.3. The first kappa shape index (κ1) is 14.6. The molecule has 110 valence electrons. The Morgan fingerprint density at radius 1 is 1.18 bits per heavy atom. The van der Waals surface area contributed by atoms with Crippen LogP contribution in [-0.2, 0) is 0 Å². The fourth-order valence-electron chi connectivity index (χ4n) is 2.51. The summed E-state index contributed by atoms with van der Waals surface area (Å²) in [7, 11) is 0. The van der Waals surface area contributed by atoms with Crippen molar-refractivity contribution in [3.8, 4) is 0 Å². The van der Waals surface area contributed by atoms with Crippen LogP contribution in [0.15, 0.2) is 72.2 Å². The summed E-state index contributed by atoms with van der Waals surface area (Å²) >= 11 is 1.72. The molecule has 1 aromatic heterocycles. The van der Waals surface area contributed by atoms with Gasteiger partial charge in [-0.25, -0.2) is 4.79 Å². The molecule has 0 bridgehead atoms. The van der Waals surface area contributed by atoms with Gasteiger partial charge in [-0.2, -0.15) is 4.98 Å². The van der Waals surface area contributed by atoms with E-state index in [-0.39, 0.29) is 10.9 Å². The number of hydrogen-bond donors (Lipinski definition) is 1. The zero-order valence-electron chi connectivity index (χ0n) is 12.0. The van der Waals surface area contributed by atoms with Crippen molar-refractivity contribution in [3.63, 3.8) is 0 Å². The van der Waals surface area contributed by atoms with Crippen LogP contribution in [0.25, 0.3) is 10.8 Å². The smallest absolute Gasteiger partial charge is 0.313 e. The lowest BCUT2D eigenvalue weighted by Crippen LogP contribution is -2.13. The van der Waals surface area contributed by atoms with Gasteiger partial charge in [-0.05, 0) is 22.4 Å². The maximum atomic E-state index is 11.6. The van der Waals surface area contributed by atoms with Crippen LogP contribution in [0, 0.1) is 0 Å². The second-order valence-electron chi connectivity index (χ2n) is 4.89. The number of nitrogens with zero attached hydrogens (tertiary/aromatic N) is 1. The van der Waals surface area contributed by atoms with E-state index in [0.29, 0.717) is 0 Å². The highest BCUT2D eigenvalue weighted by atomic mass is 32.2. The zero-order valence-corrected chi connectivity index (χ0v) is 12.8. The van der Waals surface area contributed by atoms with E-state index < -0.39 is 0 Å². The van der Waals surface area contributed by atoms with Crippen LogP contribution in [0.3, 0.4) is 0 Å². The lowest BCUT2D eigenvalue weighted by molar-refractivity contribution is 0.969. The number of fused-ring (bicyclic) bond motifs is 1. The number of H-pyrrole nitrogens is 1. The molecule has 0 aliphatic rings. The van der Waals surface area contributed by atoms with E-state index in [9.17, 15) is 4.79 Å². The minimum Gasteiger partial charge on any atom is -0.313 e. The molecule has 3 nitrogen and oxygen atoms in total. The van der Waals surface area contributed by atoms with Gasteiger partial charge in [-0.3, -0.25) is 0 Å². The monoisotopic (exact) mass is 308 g/mol. The van der Waals surface area contributed by atoms with Gasteiger partial charge in [0.1, 0.15) is 0 Å². The number of aromatic amines is 1. The molecule has 1 N–H and O–H groups in total. The number of rotatable bonds is 5. The van der Waals surface area contributed by atoms with Gasteiger partial charge in [-0.15, -0.1) is 18.3 Å². The minimum atomic E-state index is -0.318. The summed E-state index contributed by atoms with van der Waals surface area (Å²) in [6.45, 7) is 3.79. The van der Waals surface area contributed by atoms with Crippen LogP contribution in [0.2, 0.25) is 0 Å². The molecule has 22 heavy (non-hydrogen) atoms. The number of thioether (sulfide) groups is 1. The predicted octanol–water partition coefficient (Wildman–Crippen LogP) is 3.93. The Morgan fingerprint density at radius 3 is 2.82 bits per heavy atom. The van der Waals surface area contributed by atoms with E-state index in [1.807, 2.05) is 30.3 Å². The van der Waals surface area contributed by atoms with Gasteiger partial charge in [0, 0.05) is 11.9 Å². The van der Waals surface area contributed by atoms with Crippen LogP contribution in [0.1, 0.15) is 16.5 Å². The molecule has 0 saturated carbocycles. The first-order valence-electron chi connectivity index (χ1n) is 7.05. The number of hydrogen-bond acceptors (Lipinski definition) is 3. The van der Waals surface area contributed by atoms with Crippen molar-refractivity contribution in [3.05, 3.63) is 89.1 Å². The molecular weight excluding hydrogens is 292 g/mol. The zero-order chi connectivity index (χ0) is 15.4. The largest absolute Gasteiger partial charge is 0.345 e. The highest BCUT2D eigenvalue weighted by Crippen LogP contribution is 2.37. The molecule has 0 amide bonds. The molecule has 1 unspecified atom stereocenters. The van der Waals surface area contributed by atoms with E-state index in [1.165, 1.54) is 16.3 Å². The highest BCUT2D eigenvalue weighted by molar-refractivity contribution is 7.99. The summed E-state index contributed by atoms with van der Waals surface area (Å²) in [5, 5.41) is 2.38. The molecule has 3 rings (SSSR count). The quantitative estimate of drug-likeness (QED) is 0.726. The SMILES string of the molecule is C=CCSC(c1cc[nH]c(=O)n1)c1cccc2ccccc12. The minimum absolute atomic E-state index is 0.00593. The summed E-state index contributed by atoms with van der Waals surface area (Å²) < 4.78 is 0. The Labute approximate surface area is 133 Å². The topological polar surface area (TPSA) is 45.8 Å². The Morgan fingerprint density at radius 2 is 2.00 bits per heavy atom. The standard InChI is InChI=1S/C18H16N2OS/c1-2-12-22-17(16-10-11-19-18(21)20-16)15-9-5-7-13-6-3-4-8-14(13)15/h2-11,17H,1,12H2,(H,19,20,21). The Kier molecular flexibility index (Phi) is 4.39. The molecule has 0 spiro atoms. The normalized spacial score (nSPS) is 12.2. The first-order chi connectivity index (χ1) is 10.8. The van der Waals surface area contributed by atoms with Crippen LogP contribution in [0.4, 0.5) is 0 Å². The van der Waals surface area contributed by atoms with Crippen molar-refractivity contribution in [1.29, 1.82) is 0 Å². The van der Waals surface area contributed by atoms with Crippen molar-refractivity contribution in [1.82, 2.24) is 9.97 Å². The van der Waals surface area contributed by atoms with Crippen molar-refractivity contribution in [2.45, 2.75) is 5.25 Å². The van der Waals surface area contributed by atoms with Crippen LogP contribution in [0.5, 0.6) is 0 Å². The van der Waals surface area contributed by atoms with Gasteiger partial charge in [0.25, 0.3) is 0 Å². The van der Waals surface area contributed by atoms with Crippen molar-refractivity contribution >= 4 is 22.5 Å². The van der Waals surface area contributed by atoms with Gasteiger partial charge >= 0.3 is 5.69 Å². The van der Waals surface area contributed by atoms with Crippen LogP contribution in [-0.4, -0.2) is 15.7 Å². The summed E-state index contributed by atoms with van der Waals surface area (Å²) in [6.07, 6.45) is 3.52. The number of nitrogens with one attached hydrogen (secondary N) is 1. The molecule has 1 heterocycles. The third kappa shape index (κ3) is 2.97. The third-order valence-electron chi connectivity index (χ3n) is 3.45. The average Bonchev–Trinajstić information content (AvgIpc) is 2.55. The summed E-state index contributed by atoms with van der Waals surface area (Å²) in [5.41, 5.74) is 1.62. The van der Waals surface area contributed by atoms with Gasteiger partial charge in [-0.1, -0.05) is 48.5 Å². The van der Waals surface area contributed by atoms with Crippen LogP contribution >= 0.6 is 11.8 Å². The van der Waals surface area contributed by atoms with Gasteiger partial charge in [0.2, 0.25) is 0 Å². The maximum Gasteiger partial charge on any atom is 0.345 e. The second kappa shape index (κ2) is 6.62. The van der Waals surface area contributed by atoms with Gasteiger partial charge < -0.3 is 4.98 Å². The van der Waals surface area contributed by atoms with Crippen molar-refractivity contribution in [2.24, 2.45) is 0 Å². The van der Waals surface area contributed by atoms with Crippen LogP contribution < -0.4 is 5.69 Å². The Hall–Kier alpha value is -2.33. The van der Waals surface area contributed by atoms with Gasteiger partial charge in [0.05, 0.1) is 10.9 Å². The molecule has 4 heteroatoms. The molecule has 0 radical (unpaired) electrons. The molecule has 0 saturated heterocycles. The fourth-order valence-corrected chi connectivity index (χ4v) is 3.52. The van der Waals surface area contributed by atoms with E-state index in [2.05, 4.69) is 40.8 Å². The van der Waals surface area contributed by atoms with Gasteiger partial charge in [0.15, 0.2) is 0 Å². The average molecular weight is 308 g/mol. The molecule has 0 fully saturated rings. The Balaban J connectivity index is 2.16. The number of aromatic nitrogens is 2. The molecular formula is C18H16N2OS. The molecule has 3 aromatic rings. The molecule has 2 aromatic carbocycles. The lowest BCUT2D eigenvalue weighted by Gasteiger charge is -2.17. The van der Waals surface area contributed by atoms with E-state index >= 15 is 0 Å². The van der Waals surface area contributed by atoms with E-state index in [1.54, 1.807) is 18.0 Å². The van der Waals surface area contributed by atoms with Crippen molar-refractivity contribution in [2.75, 3.05) is 5.75 Å². The van der Waals surface area contributed by atoms with E-state index in [0.717, 1.165) is 11.4 Å². The number of benzene rings is 2. The lowest BCUT2D eigenvalue weighted by atomic mass is 10.0. The molecule has 1 atom stereocenters. The summed E-state index contributed by atoms with van der Waals surface area (Å²) in [5.74, 6) is 0.794. The highest BCUT2D eigenvalue weighted by Gasteiger charge is 2.18. The van der Waals surface area contributed by atoms with E-state index in [4.69, 9.17) is 0 Å².